The van der Waals surface area contributed by atoms with Gasteiger partial charge in [0.2, 0.25) is 6.30 Å². The first-order valence-corrected chi connectivity index (χ1v) is 3.16. The van der Waals surface area contributed by atoms with Gasteiger partial charge in [-0.15, -0.1) is 0 Å². The van der Waals surface area contributed by atoms with Crippen LogP contribution in [0.2, 0.25) is 0 Å². The fourth-order valence-corrected chi connectivity index (χ4v) is 0.832. The highest BCUT2D eigenvalue weighted by Gasteiger charge is 2.13. The fraction of sp³-hybridized carbons (Fsp3) is 0.429. The van der Waals surface area contributed by atoms with Crippen LogP contribution < -0.4 is 5.32 Å². The lowest BCUT2D eigenvalue weighted by Gasteiger charge is -2.22. The molecule has 0 saturated carbocycles. The minimum atomic E-state index is -1.06. The van der Waals surface area contributed by atoms with Crippen LogP contribution in [0, 0.1) is 0 Å². The predicted molar refractivity (Wildman–Crippen MR) is 38.9 cm³/mol. The normalized spacial score (nSPS) is 23.5. The zero-order chi connectivity index (χ0) is 7.56. The van der Waals surface area contributed by atoms with Gasteiger partial charge >= 0.3 is 0 Å². The molecule has 1 N–H and O–H groups in total. The third-order valence-electron chi connectivity index (χ3n) is 1.38. The minimum absolute atomic E-state index is 0.655. The lowest BCUT2D eigenvalue weighted by molar-refractivity contribution is 0.284. The number of dihydropyridines is 1. The first-order chi connectivity index (χ1) is 4.72. The summed E-state index contributed by atoms with van der Waals surface area (Å²) in [6, 6.07) is 0. The molecule has 56 valence electrons. The van der Waals surface area contributed by atoms with E-state index < -0.39 is 6.30 Å². The molecule has 1 aliphatic heterocycles. The summed E-state index contributed by atoms with van der Waals surface area (Å²) >= 11 is 0. The smallest absolute Gasteiger partial charge is 0.210 e. The zero-order valence-electron chi connectivity index (χ0n) is 6.13. The predicted octanol–water partition coefficient (Wildman–Crippen LogP) is 0.844. The van der Waals surface area contributed by atoms with Gasteiger partial charge in [-0.3, -0.25) is 0 Å². The van der Waals surface area contributed by atoms with Gasteiger partial charge in [0.25, 0.3) is 0 Å². The Kier molecular flexibility index (Phi) is 1.94. The van der Waals surface area contributed by atoms with Crippen molar-refractivity contribution in [2.75, 3.05) is 14.1 Å². The van der Waals surface area contributed by atoms with Crippen molar-refractivity contribution in [3.63, 3.8) is 0 Å². The Balaban J connectivity index is 2.70. The molecule has 1 heterocycles. The quantitative estimate of drug-likeness (QED) is 0.546. The highest BCUT2D eigenvalue weighted by atomic mass is 19.1. The van der Waals surface area contributed by atoms with E-state index in [1.54, 1.807) is 23.3 Å². The van der Waals surface area contributed by atoms with Gasteiger partial charge < -0.3 is 10.2 Å². The number of nitrogens with one attached hydrogen (secondary N) is 1. The zero-order valence-corrected chi connectivity index (χ0v) is 6.13. The van der Waals surface area contributed by atoms with Crippen LogP contribution in [0.5, 0.6) is 0 Å². The molecule has 3 heteroatoms. The van der Waals surface area contributed by atoms with E-state index in [4.69, 9.17) is 0 Å². The summed E-state index contributed by atoms with van der Waals surface area (Å²) in [5.74, 6) is 0. The Labute approximate surface area is 60.0 Å². The van der Waals surface area contributed by atoms with Crippen LogP contribution in [0.25, 0.3) is 0 Å². The van der Waals surface area contributed by atoms with E-state index in [1.165, 1.54) is 0 Å². The first-order valence-electron chi connectivity index (χ1n) is 3.16. The summed E-state index contributed by atoms with van der Waals surface area (Å²) in [5, 5.41) is 2.56. The SMILES string of the molecule is CN(C)C1=CC=CNC1F. The molecular formula is C7H11FN2. The van der Waals surface area contributed by atoms with Gasteiger partial charge in [0.05, 0.1) is 5.70 Å². The number of alkyl halides is 1. The van der Waals surface area contributed by atoms with Crippen molar-refractivity contribution in [1.82, 2.24) is 10.2 Å². The maximum Gasteiger partial charge on any atom is 0.210 e. The number of hydrogen-bond donors (Lipinski definition) is 1. The Hall–Kier alpha value is -0.990. The molecule has 1 atom stereocenters. The monoisotopic (exact) mass is 142 g/mol. The topological polar surface area (TPSA) is 15.3 Å². The average Bonchev–Trinajstić information content (AvgIpc) is 1.88. The molecule has 0 amide bonds. The highest BCUT2D eigenvalue weighted by molar-refractivity contribution is 5.18. The molecular weight excluding hydrogens is 131 g/mol. The van der Waals surface area contributed by atoms with Crippen molar-refractivity contribution >= 4 is 0 Å². The molecule has 0 bridgehead atoms. The summed E-state index contributed by atoms with van der Waals surface area (Å²) < 4.78 is 12.8. The Morgan fingerprint density at radius 1 is 1.60 bits per heavy atom. The van der Waals surface area contributed by atoms with Crippen LogP contribution in [-0.4, -0.2) is 25.3 Å². The Bertz CT molecular complexity index is 172. The second-order valence-corrected chi connectivity index (χ2v) is 2.37. The van der Waals surface area contributed by atoms with Crippen LogP contribution >= 0.6 is 0 Å². The van der Waals surface area contributed by atoms with Crippen molar-refractivity contribution in [2.24, 2.45) is 0 Å². The van der Waals surface area contributed by atoms with Gasteiger partial charge in [-0.05, 0) is 18.4 Å². The second-order valence-electron chi connectivity index (χ2n) is 2.37. The first kappa shape index (κ1) is 7.12. The minimum Gasteiger partial charge on any atom is -0.377 e. The van der Waals surface area contributed by atoms with E-state index in [9.17, 15) is 4.39 Å². The van der Waals surface area contributed by atoms with E-state index in [-0.39, 0.29) is 0 Å². The summed E-state index contributed by atoms with van der Waals surface area (Å²) in [4.78, 5) is 1.75. The number of nitrogens with zero attached hydrogens (tertiary/aromatic N) is 1. The second kappa shape index (κ2) is 2.73. The van der Waals surface area contributed by atoms with Crippen LogP contribution in [0.3, 0.4) is 0 Å². The molecule has 1 aliphatic rings. The molecule has 1 unspecified atom stereocenters. The third-order valence-corrected chi connectivity index (χ3v) is 1.38. The summed E-state index contributed by atoms with van der Waals surface area (Å²) in [6.45, 7) is 0. The van der Waals surface area contributed by atoms with E-state index in [0.29, 0.717) is 5.70 Å². The number of allylic oxidation sites excluding steroid dienone is 2. The van der Waals surface area contributed by atoms with Gasteiger partial charge in [-0.1, -0.05) is 0 Å². The Morgan fingerprint density at radius 3 is 2.70 bits per heavy atom. The van der Waals surface area contributed by atoms with Crippen molar-refractivity contribution in [3.8, 4) is 0 Å². The van der Waals surface area contributed by atoms with Crippen molar-refractivity contribution in [1.29, 1.82) is 0 Å². The molecule has 0 aromatic carbocycles. The van der Waals surface area contributed by atoms with E-state index in [1.807, 2.05) is 14.1 Å². The van der Waals surface area contributed by atoms with Gasteiger partial charge in [0, 0.05) is 14.1 Å². The number of hydrogen-bond acceptors (Lipinski definition) is 2. The van der Waals surface area contributed by atoms with Crippen molar-refractivity contribution < 1.29 is 4.39 Å². The maximum atomic E-state index is 12.8. The molecule has 0 aromatic rings. The highest BCUT2D eigenvalue weighted by Crippen LogP contribution is 2.09. The number of likely N-dealkylation sites (N-methyl/N-ethyl adjacent to an activating group) is 1. The fourth-order valence-electron chi connectivity index (χ4n) is 0.832. The van der Waals surface area contributed by atoms with Crippen LogP contribution in [0.4, 0.5) is 4.39 Å². The molecule has 0 fully saturated rings. The number of rotatable bonds is 1. The molecule has 0 radical (unpaired) electrons. The van der Waals surface area contributed by atoms with Gasteiger partial charge in [-0.2, -0.15) is 0 Å². The van der Waals surface area contributed by atoms with Gasteiger partial charge in [0.15, 0.2) is 0 Å². The summed E-state index contributed by atoms with van der Waals surface area (Å²) in [7, 11) is 3.64. The maximum absolute atomic E-state index is 12.8. The van der Waals surface area contributed by atoms with Crippen LogP contribution in [0.15, 0.2) is 24.0 Å². The van der Waals surface area contributed by atoms with Crippen LogP contribution in [-0.2, 0) is 0 Å². The van der Waals surface area contributed by atoms with E-state index >= 15 is 0 Å². The molecule has 0 spiro atoms. The molecule has 2 nitrogen and oxygen atoms in total. The molecule has 0 aromatic heterocycles. The van der Waals surface area contributed by atoms with Crippen molar-refractivity contribution in [3.05, 3.63) is 24.0 Å². The van der Waals surface area contributed by atoms with E-state index in [2.05, 4.69) is 5.32 Å². The summed E-state index contributed by atoms with van der Waals surface area (Å²) in [5.41, 5.74) is 0.655. The molecule has 0 saturated heterocycles. The van der Waals surface area contributed by atoms with E-state index in [0.717, 1.165) is 0 Å². The molecule has 1 rings (SSSR count). The lowest BCUT2D eigenvalue weighted by Crippen LogP contribution is -2.31. The summed E-state index contributed by atoms with van der Waals surface area (Å²) in [6.07, 6.45) is 4.07. The molecule has 0 aliphatic carbocycles. The van der Waals surface area contributed by atoms with Gasteiger partial charge in [0.1, 0.15) is 0 Å². The van der Waals surface area contributed by atoms with Crippen LogP contribution in [0.1, 0.15) is 0 Å². The lowest BCUT2D eigenvalue weighted by atomic mass is 10.3. The van der Waals surface area contributed by atoms with Gasteiger partial charge in [-0.25, -0.2) is 4.39 Å². The molecule has 10 heavy (non-hydrogen) atoms. The largest absolute Gasteiger partial charge is 0.377 e. The Morgan fingerprint density at radius 2 is 2.30 bits per heavy atom. The standard InChI is InChI=1S/C7H11FN2/c1-10(2)6-4-3-5-9-7(6)8/h3-5,7,9H,1-2H3. The average molecular weight is 142 g/mol. The van der Waals surface area contributed by atoms with Crippen molar-refractivity contribution in [2.45, 2.75) is 6.30 Å². The number of halogens is 1. The third kappa shape index (κ3) is 1.29.